The van der Waals surface area contributed by atoms with Crippen molar-refractivity contribution >= 4 is 18.4 Å². The first-order chi connectivity index (χ1) is 4.16. The number of amidine groups is 2. The largest absolute Gasteiger partial charge is 0.287 e. The van der Waals surface area contributed by atoms with Crippen LogP contribution < -0.4 is 5.43 Å². The van der Waals surface area contributed by atoms with Gasteiger partial charge in [-0.2, -0.15) is 5.10 Å². The summed E-state index contributed by atoms with van der Waals surface area (Å²) in [6.07, 6.45) is 0. The molecule has 0 rings (SSSR count). The van der Waals surface area contributed by atoms with E-state index < -0.39 is 0 Å². The molecule has 9 heavy (non-hydrogen) atoms. The van der Waals surface area contributed by atoms with Gasteiger partial charge in [0.2, 0.25) is 0 Å². The van der Waals surface area contributed by atoms with E-state index in [1.165, 1.54) is 0 Å². The van der Waals surface area contributed by atoms with Crippen LogP contribution in [0.4, 0.5) is 0 Å². The van der Waals surface area contributed by atoms with Gasteiger partial charge in [0.05, 0.1) is 0 Å². The third-order valence-corrected chi connectivity index (χ3v) is 0.576. The molecule has 0 aromatic heterocycles. The molecular weight excluding hydrogens is 116 g/mol. The van der Waals surface area contributed by atoms with Gasteiger partial charge in [0.15, 0.2) is 0 Å². The van der Waals surface area contributed by atoms with Gasteiger partial charge < -0.3 is 0 Å². The third kappa shape index (κ3) is 4.67. The number of rotatable bonds is 1. The van der Waals surface area contributed by atoms with Crippen molar-refractivity contribution in [3.8, 4) is 0 Å². The van der Waals surface area contributed by atoms with Crippen molar-refractivity contribution in [1.82, 2.24) is 5.43 Å². The highest BCUT2D eigenvalue weighted by Crippen LogP contribution is 1.74. The predicted molar refractivity (Wildman–Crippen MR) is 39.2 cm³/mol. The molecular formula is C5H10N4. The molecule has 0 saturated heterocycles. The van der Waals surface area contributed by atoms with Crippen LogP contribution in [0.1, 0.15) is 13.8 Å². The van der Waals surface area contributed by atoms with E-state index in [1.807, 2.05) is 0 Å². The summed E-state index contributed by atoms with van der Waals surface area (Å²) in [5.74, 6) is 0.834. The monoisotopic (exact) mass is 126 g/mol. The van der Waals surface area contributed by atoms with E-state index in [-0.39, 0.29) is 5.84 Å². The topological polar surface area (TPSA) is 60.6 Å². The van der Waals surface area contributed by atoms with Crippen LogP contribution in [0, 0.1) is 5.41 Å². The molecule has 4 heteroatoms. The Bertz CT molecular complexity index is 147. The Morgan fingerprint density at radius 3 is 2.44 bits per heavy atom. The molecule has 0 fully saturated rings. The van der Waals surface area contributed by atoms with Crippen molar-refractivity contribution in [2.75, 3.05) is 0 Å². The van der Waals surface area contributed by atoms with Gasteiger partial charge in [0, 0.05) is 6.72 Å². The zero-order valence-electron chi connectivity index (χ0n) is 5.60. The maximum atomic E-state index is 6.91. The number of hydrogen-bond acceptors (Lipinski definition) is 2. The average molecular weight is 126 g/mol. The smallest absolute Gasteiger partial charge is 0.121 e. The molecule has 0 aliphatic heterocycles. The highest BCUT2D eigenvalue weighted by Gasteiger charge is 1.84. The number of hydrazone groups is 1. The van der Waals surface area contributed by atoms with E-state index in [9.17, 15) is 0 Å². The minimum absolute atomic E-state index is 0.253. The summed E-state index contributed by atoms with van der Waals surface area (Å²) in [4.78, 5) is 3.72. The molecule has 0 saturated carbocycles. The Kier molecular flexibility index (Phi) is 3.27. The van der Waals surface area contributed by atoms with Gasteiger partial charge in [0.1, 0.15) is 11.7 Å². The van der Waals surface area contributed by atoms with Crippen LogP contribution in [0.25, 0.3) is 0 Å². The molecule has 0 spiro atoms. The molecule has 0 bridgehead atoms. The summed E-state index contributed by atoms with van der Waals surface area (Å²) in [6.45, 7) is 6.50. The van der Waals surface area contributed by atoms with E-state index in [0.717, 1.165) is 0 Å². The SMILES string of the molecule is C=NN/C(C)=N\C(C)=N. The second kappa shape index (κ2) is 3.77. The number of nitrogens with one attached hydrogen (secondary N) is 2. The highest BCUT2D eigenvalue weighted by molar-refractivity contribution is 5.93. The fraction of sp³-hybridized carbons (Fsp3) is 0.400. The molecule has 0 aliphatic rings. The summed E-state index contributed by atoms with van der Waals surface area (Å²) < 4.78 is 0. The van der Waals surface area contributed by atoms with Gasteiger partial charge in [-0.1, -0.05) is 0 Å². The van der Waals surface area contributed by atoms with E-state index in [2.05, 4.69) is 22.2 Å². The Morgan fingerprint density at radius 2 is 2.11 bits per heavy atom. The quantitative estimate of drug-likeness (QED) is 0.302. The van der Waals surface area contributed by atoms with Crippen LogP contribution in [0.3, 0.4) is 0 Å². The third-order valence-electron chi connectivity index (χ3n) is 0.576. The zero-order valence-corrected chi connectivity index (χ0v) is 5.60. The minimum atomic E-state index is 0.253. The van der Waals surface area contributed by atoms with E-state index in [1.54, 1.807) is 13.8 Å². The molecule has 0 amide bonds. The van der Waals surface area contributed by atoms with Crippen molar-refractivity contribution in [1.29, 1.82) is 5.41 Å². The Balaban J connectivity index is 3.83. The first-order valence-corrected chi connectivity index (χ1v) is 2.49. The molecule has 0 radical (unpaired) electrons. The maximum Gasteiger partial charge on any atom is 0.121 e. The van der Waals surface area contributed by atoms with Gasteiger partial charge >= 0.3 is 0 Å². The summed E-state index contributed by atoms with van der Waals surface area (Å²) in [5, 5.41) is 10.3. The number of aliphatic imine (C=N–C) groups is 1. The van der Waals surface area contributed by atoms with E-state index >= 15 is 0 Å². The second-order valence-electron chi connectivity index (χ2n) is 1.55. The summed E-state index contributed by atoms with van der Waals surface area (Å²) >= 11 is 0. The van der Waals surface area contributed by atoms with Crippen LogP contribution in [-0.4, -0.2) is 18.4 Å². The van der Waals surface area contributed by atoms with Crippen LogP contribution >= 0.6 is 0 Å². The lowest BCUT2D eigenvalue weighted by Gasteiger charge is -1.94. The van der Waals surface area contributed by atoms with Gasteiger partial charge in [-0.05, 0) is 13.8 Å². The zero-order chi connectivity index (χ0) is 7.28. The molecule has 0 aromatic carbocycles. The Morgan fingerprint density at radius 1 is 1.56 bits per heavy atom. The molecule has 0 heterocycles. The first-order valence-electron chi connectivity index (χ1n) is 2.49. The highest BCUT2D eigenvalue weighted by atomic mass is 15.3. The minimum Gasteiger partial charge on any atom is -0.287 e. The standard InChI is InChI=1S/C5H10N4/c1-4(6)8-5(2)9-7-3/h3H2,1-2H3,(H2,6,8,9). The van der Waals surface area contributed by atoms with Crippen molar-refractivity contribution < 1.29 is 0 Å². The molecule has 0 aliphatic carbocycles. The summed E-state index contributed by atoms with van der Waals surface area (Å²) in [6, 6.07) is 0. The molecule has 4 nitrogen and oxygen atoms in total. The lowest BCUT2D eigenvalue weighted by atomic mass is 10.6. The lowest BCUT2D eigenvalue weighted by Crippen LogP contribution is -2.13. The van der Waals surface area contributed by atoms with Crippen molar-refractivity contribution in [3.63, 3.8) is 0 Å². The molecule has 0 atom stereocenters. The molecule has 0 unspecified atom stereocenters. The lowest BCUT2D eigenvalue weighted by molar-refractivity contribution is 1.03. The number of hydrogen-bond donors (Lipinski definition) is 2. The summed E-state index contributed by atoms with van der Waals surface area (Å²) in [7, 11) is 0. The van der Waals surface area contributed by atoms with Crippen LogP contribution in [0.2, 0.25) is 0 Å². The van der Waals surface area contributed by atoms with E-state index in [0.29, 0.717) is 5.84 Å². The molecule has 0 aromatic rings. The second-order valence-corrected chi connectivity index (χ2v) is 1.55. The van der Waals surface area contributed by atoms with Crippen LogP contribution in [0.15, 0.2) is 10.1 Å². The Labute approximate surface area is 54.2 Å². The van der Waals surface area contributed by atoms with E-state index in [4.69, 9.17) is 5.41 Å². The van der Waals surface area contributed by atoms with Crippen molar-refractivity contribution in [2.24, 2.45) is 10.1 Å². The predicted octanol–water partition coefficient (Wildman–Crippen LogP) is 0.607. The van der Waals surface area contributed by atoms with Gasteiger partial charge in [-0.3, -0.25) is 10.8 Å². The molecule has 50 valence electrons. The fourth-order valence-corrected chi connectivity index (χ4v) is 0.391. The average Bonchev–Trinajstić information content (AvgIpc) is 1.63. The van der Waals surface area contributed by atoms with Crippen molar-refractivity contribution in [2.45, 2.75) is 13.8 Å². The summed E-state index contributed by atoms with van der Waals surface area (Å²) in [5.41, 5.74) is 2.50. The number of nitrogens with zero attached hydrogens (tertiary/aromatic N) is 2. The normalized spacial score (nSPS) is 10.7. The van der Waals surface area contributed by atoms with Gasteiger partial charge in [0.25, 0.3) is 0 Å². The van der Waals surface area contributed by atoms with Crippen molar-refractivity contribution in [3.05, 3.63) is 0 Å². The first kappa shape index (κ1) is 7.81. The maximum absolute atomic E-state index is 6.91. The molecule has 2 N–H and O–H groups in total. The van der Waals surface area contributed by atoms with Crippen LogP contribution in [-0.2, 0) is 0 Å². The van der Waals surface area contributed by atoms with Gasteiger partial charge in [-0.15, -0.1) is 0 Å². The van der Waals surface area contributed by atoms with Crippen LogP contribution in [0.5, 0.6) is 0 Å². The fourth-order valence-electron chi connectivity index (χ4n) is 0.391. The van der Waals surface area contributed by atoms with Gasteiger partial charge in [-0.25, -0.2) is 4.99 Å². The Hall–Kier alpha value is -1.19.